The lowest BCUT2D eigenvalue weighted by atomic mass is 10.1. The molecule has 1 aliphatic heterocycles. The van der Waals surface area contributed by atoms with E-state index < -0.39 is 0 Å². The molecule has 1 aliphatic rings. The third-order valence-electron chi connectivity index (χ3n) is 4.15. The zero-order valence-electron chi connectivity index (χ0n) is 12.3. The molecule has 0 aliphatic carbocycles. The Kier molecular flexibility index (Phi) is 2.89. The number of aromatic nitrogens is 2. The largest absolute Gasteiger partial charge is 0.305 e. The molecule has 104 valence electrons. The van der Waals surface area contributed by atoms with Gasteiger partial charge in [-0.1, -0.05) is 18.2 Å². The molecule has 0 radical (unpaired) electrons. The number of fused-ring (bicyclic) bond motifs is 1. The highest BCUT2D eigenvalue weighted by molar-refractivity contribution is 6.09. The van der Waals surface area contributed by atoms with Gasteiger partial charge in [-0.25, -0.2) is 0 Å². The van der Waals surface area contributed by atoms with Gasteiger partial charge in [0, 0.05) is 24.5 Å². The van der Waals surface area contributed by atoms with Gasteiger partial charge >= 0.3 is 0 Å². The molecule has 1 atom stereocenters. The maximum Gasteiger partial charge on any atom is 0.262 e. The number of benzene rings is 1. The summed E-state index contributed by atoms with van der Waals surface area (Å²) in [4.78, 5) is 14.9. The molecule has 0 N–H and O–H groups in total. The number of carbonyl (C=O) groups excluding carboxylic acids is 1. The number of amides is 1. The van der Waals surface area contributed by atoms with Crippen molar-refractivity contribution in [1.29, 1.82) is 0 Å². The van der Waals surface area contributed by atoms with E-state index in [0.717, 1.165) is 29.1 Å². The SMILES string of the molecule is Cc1nn(C)c(C)c1C(=O)N1c2ccccc2C[C@H]1C. The normalized spacial score (nSPS) is 17.4. The minimum absolute atomic E-state index is 0.0607. The van der Waals surface area contributed by atoms with Crippen LogP contribution in [0.4, 0.5) is 5.69 Å². The number of nitrogens with zero attached hydrogens (tertiary/aromatic N) is 3. The van der Waals surface area contributed by atoms with Gasteiger partial charge in [-0.15, -0.1) is 0 Å². The van der Waals surface area contributed by atoms with E-state index in [-0.39, 0.29) is 11.9 Å². The van der Waals surface area contributed by atoms with Gasteiger partial charge in [-0.2, -0.15) is 5.10 Å². The summed E-state index contributed by atoms with van der Waals surface area (Å²) >= 11 is 0. The molecule has 0 bridgehead atoms. The molecular weight excluding hydrogens is 250 g/mol. The Bertz CT molecular complexity index is 687. The van der Waals surface area contributed by atoms with Gasteiger partial charge in [0.2, 0.25) is 0 Å². The van der Waals surface area contributed by atoms with Gasteiger partial charge in [0.15, 0.2) is 0 Å². The highest BCUT2D eigenvalue weighted by Gasteiger charge is 2.33. The van der Waals surface area contributed by atoms with Crippen molar-refractivity contribution in [2.45, 2.75) is 33.2 Å². The molecule has 3 rings (SSSR count). The monoisotopic (exact) mass is 269 g/mol. The fourth-order valence-electron chi connectivity index (χ4n) is 3.08. The van der Waals surface area contributed by atoms with E-state index in [2.05, 4.69) is 18.1 Å². The molecule has 2 heterocycles. The minimum Gasteiger partial charge on any atom is -0.305 e. The molecule has 0 saturated carbocycles. The number of carbonyl (C=O) groups is 1. The first kappa shape index (κ1) is 12.9. The first-order valence-corrected chi connectivity index (χ1v) is 6.92. The average molecular weight is 269 g/mol. The second kappa shape index (κ2) is 4.47. The molecule has 2 aromatic rings. The van der Waals surface area contributed by atoms with Crippen molar-refractivity contribution >= 4 is 11.6 Å². The molecule has 1 aromatic carbocycles. The fraction of sp³-hybridized carbons (Fsp3) is 0.375. The van der Waals surface area contributed by atoms with Gasteiger partial charge in [0.25, 0.3) is 5.91 Å². The van der Waals surface area contributed by atoms with Gasteiger partial charge in [-0.05, 0) is 38.8 Å². The van der Waals surface area contributed by atoms with Gasteiger partial charge in [-0.3, -0.25) is 9.48 Å². The van der Waals surface area contributed by atoms with Crippen LogP contribution in [0.1, 0.15) is 34.2 Å². The Balaban J connectivity index is 2.07. The maximum absolute atomic E-state index is 12.9. The molecule has 1 aromatic heterocycles. The number of hydrogen-bond donors (Lipinski definition) is 0. The molecule has 1 amide bonds. The third-order valence-corrected chi connectivity index (χ3v) is 4.15. The molecule has 0 fully saturated rings. The van der Waals surface area contributed by atoms with E-state index in [1.165, 1.54) is 5.56 Å². The average Bonchev–Trinajstić information content (AvgIpc) is 2.85. The third kappa shape index (κ3) is 1.75. The topological polar surface area (TPSA) is 38.1 Å². The maximum atomic E-state index is 12.9. The highest BCUT2D eigenvalue weighted by Crippen LogP contribution is 2.33. The molecule has 4 nitrogen and oxygen atoms in total. The second-order valence-corrected chi connectivity index (χ2v) is 5.53. The van der Waals surface area contributed by atoms with Crippen LogP contribution in [-0.2, 0) is 13.5 Å². The summed E-state index contributed by atoms with van der Waals surface area (Å²) in [6.07, 6.45) is 0.917. The van der Waals surface area contributed by atoms with Crippen LogP contribution < -0.4 is 4.90 Å². The van der Waals surface area contributed by atoms with Gasteiger partial charge < -0.3 is 4.90 Å². The number of rotatable bonds is 1. The summed E-state index contributed by atoms with van der Waals surface area (Å²) < 4.78 is 1.77. The van der Waals surface area contributed by atoms with Crippen LogP contribution in [0.2, 0.25) is 0 Å². The lowest BCUT2D eigenvalue weighted by molar-refractivity contribution is 0.0980. The number of aryl methyl sites for hydroxylation is 2. The Labute approximate surface area is 119 Å². The minimum atomic E-state index is 0.0607. The number of hydrogen-bond acceptors (Lipinski definition) is 2. The van der Waals surface area contributed by atoms with Crippen LogP contribution in [0, 0.1) is 13.8 Å². The van der Waals surface area contributed by atoms with E-state index in [0.29, 0.717) is 0 Å². The van der Waals surface area contributed by atoms with Crippen LogP contribution in [0.15, 0.2) is 24.3 Å². The zero-order chi connectivity index (χ0) is 14.4. The zero-order valence-corrected chi connectivity index (χ0v) is 12.3. The lowest BCUT2D eigenvalue weighted by Crippen LogP contribution is -2.36. The van der Waals surface area contributed by atoms with Crippen LogP contribution >= 0.6 is 0 Å². The van der Waals surface area contributed by atoms with Crippen molar-refractivity contribution in [2.24, 2.45) is 7.05 Å². The van der Waals surface area contributed by atoms with Crippen LogP contribution in [0.5, 0.6) is 0 Å². The number of para-hydroxylation sites is 1. The molecule has 20 heavy (non-hydrogen) atoms. The van der Waals surface area contributed by atoms with Crippen molar-refractivity contribution in [3.05, 3.63) is 46.8 Å². The molecule has 0 spiro atoms. The first-order valence-electron chi connectivity index (χ1n) is 6.92. The van der Waals surface area contributed by atoms with Crippen LogP contribution in [0.3, 0.4) is 0 Å². The van der Waals surface area contributed by atoms with Crippen molar-refractivity contribution in [3.63, 3.8) is 0 Å². The summed E-state index contributed by atoms with van der Waals surface area (Å²) in [5, 5.41) is 4.35. The van der Waals surface area contributed by atoms with E-state index >= 15 is 0 Å². The van der Waals surface area contributed by atoms with Crippen molar-refractivity contribution in [1.82, 2.24) is 9.78 Å². The molecule has 4 heteroatoms. The lowest BCUT2D eigenvalue weighted by Gasteiger charge is -2.23. The summed E-state index contributed by atoms with van der Waals surface area (Å²) in [6.45, 7) is 5.94. The fourth-order valence-corrected chi connectivity index (χ4v) is 3.08. The van der Waals surface area contributed by atoms with E-state index in [9.17, 15) is 4.79 Å². The Morgan fingerprint density at radius 2 is 2.00 bits per heavy atom. The molecule has 0 unspecified atom stereocenters. The summed E-state index contributed by atoms with van der Waals surface area (Å²) in [6, 6.07) is 8.33. The predicted octanol–water partition coefficient (Wildman–Crippen LogP) is 2.63. The molecule has 0 saturated heterocycles. The van der Waals surface area contributed by atoms with Crippen molar-refractivity contribution in [2.75, 3.05) is 4.90 Å². The quantitative estimate of drug-likeness (QED) is 0.798. The first-order chi connectivity index (χ1) is 9.50. The Morgan fingerprint density at radius 1 is 1.30 bits per heavy atom. The Hall–Kier alpha value is -2.10. The second-order valence-electron chi connectivity index (χ2n) is 5.53. The van der Waals surface area contributed by atoms with Crippen molar-refractivity contribution < 1.29 is 4.79 Å². The van der Waals surface area contributed by atoms with Gasteiger partial charge in [0.1, 0.15) is 0 Å². The number of anilines is 1. The van der Waals surface area contributed by atoms with E-state index in [1.807, 2.05) is 44.0 Å². The highest BCUT2D eigenvalue weighted by atomic mass is 16.2. The molecular formula is C16H19N3O. The predicted molar refractivity (Wildman–Crippen MR) is 79.1 cm³/mol. The summed E-state index contributed by atoms with van der Waals surface area (Å²) in [5.41, 5.74) is 4.73. The van der Waals surface area contributed by atoms with E-state index in [1.54, 1.807) is 4.68 Å². The summed E-state index contributed by atoms with van der Waals surface area (Å²) in [7, 11) is 1.88. The van der Waals surface area contributed by atoms with Crippen LogP contribution in [-0.4, -0.2) is 21.7 Å². The van der Waals surface area contributed by atoms with Crippen molar-refractivity contribution in [3.8, 4) is 0 Å². The van der Waals surface area contributed by atoms with Crippen LogP contribution in [0.25, 0.3) is 0 Å². The smallest absolute Gasteiger partial charge is 0.262 e. The Morgan fingerprint density at radius 3 is 2.65 bits per heavy atom. The van der Waals surface area contributed by atoms with Gasteiger partial charge in [0.05, 0.1) is 11.3 Å². The standard InChI is InChI=1S/C16H19N3O/c1-10-9-13-7-5-6-8-14(13)19(10)16(20)15-11(2)17-18(4)12(15)3/h5-8,10H,9H2,1-4H3/t10-/m1/s1. The summed E-state index contributed by atoms with van der Waals surface area (Å²) in [5.74, 6) is 0.0607. The van der Waals surface area contributed by atoms with E-state index in [4.69, 9.17) is 0 Å².